The number of oxime groups is 1. The maximum Gasteiger partial charge on any atom is 0.140 e. The first-order valence-corrected chi connectivity index (χ1v) is 7.35. The highest BCUT2D eigenvalue weighted by Crippen LogP contribution is 2.08. The number of hydrogen-bond donors (Lipinski definition) is 2. The lowest BCUT2D eigenvalue weighted by molar-refractivity contribution is 0.309. The minimum absolute atomic E-state index is 0.317. The second-order valence-electron chi connectivity index (χ2n) is 5.12. The van der Waals surface area contributed by atoms with E-state index in [1.54, 1.807) is 0 Å². The third-order valence-electron chi connectivity index (χ3n) is 3.27. The van der Waals surface area contributed by atoms with Gasteiger partial charge in [-0.25, -0.2) is 0 Å². The van der Waals surface area contributed by atoms with Crippen molar-refractivity contribution in [2.75, 3.05) is 20.1 Å². The molecule has 4 heteroatoms. The Balaban J connectivity index is 3.22. The van der Waals surface area contributed by atoms with Crippen molar-refractivity contribution in [2.24, 2.45) is 10.9 Å². The van der Waals surface area contributed by atoms with Gasteiger partial charge in [-0.15, -0.1) is 0 Å². The number of hydrogen-bond acceptors (Lipinski definition) is 3. The van der Waals surface area contributed by atoms with Crippen LogP contribution >= 0.6 is 0 Å². The number of amidine groups is 1. The Kier molecular flexibility index (Phi) is 12.1. The Hall–Kier alpha value is -0.770. The van der Waals surface area contributed by atoms with E-state index in [1.807, 2.05) is 0 Å². The lowest BCUT2D eigenvalue weighted by atomic mass is 10.1. The molecule has 4 nitrogen and oxygen atoms in total. The van der Waals surface area contributed by atoms with Crippen LogP contribution < -0.4 is 5.73 Å². The minimum atomic E-state index is 0.317. The molecule has 3 N–H and O–H groups in total. The summed E-state index contributed by atoms with van der Waals surface area (Å²) in [6.07, 6.45) is 11.5. The number of nitrogens with two attached hydrogens (primary N) is 1. The highest BCUT2D eigenvalue weighted by molar-refractivity contribution is 5.79. The van der Waals surface area contributed by atoms with Crippen LogP contribution in [-0.2, 0) is 0 Å². The van der Waals surface area contributed by atoms with Crippen LogP contribution in [0, 0.1) is 0 Å². The fraction of sp³-hybridized carbons (Fsp3) is 0.929. The van der Waals surface area contributed by atoms with E-state index in [2.05, 4.69) is 24.0 Å². The fourth-order valence-electron chi connectivity index (χ4n) is 1.98. The summed E-state index contributed by atoms with van der Waals surface area (Å²) in [6.45, 7) is 4.23. The summed E-state index contributed by atoms with van der Waals surface area (Å²) in [7, 11) is 2.09. The van der Waals surface area contributed by atoms with Crippen LogP contribution in [0.25, 0.3) is 0 Å². The summed E-state index contributed by atoms with van der Waals surface area (Å²) in [5.74, 6) is 0.317. The average molecular weight is 257 g/mol. The molecule has 0 fully saturated rings. The topological polar surface area (TPSA) is 61.8 Å². The molecule has 0 aromatic heterocycles. The van der Waals surface area contributed by atoms with Crippen LogP contribution in [0.4, 0.5) is 0 Å². The van der Waals surface area contributed by atoms with E-state index < -0.39 is 0 Å². The molecule has 0 spiro atoms. The van der Waals surface area contributed by atoms with Crippen LogP contribution in [-0.4, -0.2) is 36.1 Å². The van der Waals surface area contributed by atoms with E-state index in [9.17, 15) is 0 Å². The van der Waals surface area contributed by atoms with E-state index in [-0.39, 0.29) is 0 Å². The molecule has 0 saturated heterocycles. The van der Waals surface area contributed by atoms with Crippen molar-refractivity contribution < 1.29 is 5.21 Å². The third kappa shape index (κ3) is 11.7. The van der Waals surface area contributed by atoms with E-state index in [4.69, 9.17) is 10.9 Å². The first-order chi connectivity index (χ1) is 8.70. The molecule has 0 heterocycles. The first kappa shape index (κ1) is 17.2. The van der Waals surface area contributed by atoms with Crippen LogP contribution in [0.2, 0.25) is 0 Å². The zero-order valence-corrected chi connectivity index (χ0v) is 12.2. The second-order valence-corrected chi connectivity index (χ2v) is 5.12. The number of unbranched alkanes of at least 4 members (excludes halogenated alkanes) is 7. The Bertz CT molecular complexity index is 207. The van der Waals surface area contributed by atoms with Gasteiger partial charge in [0.05, 0.1) is 0 Å². The first-order valence-electron chi connectivity index (χ1n) is 7.35. The van der Waals surface area contributed by atoms with Crippen LogP contribution in [0.1, 0.15) is 64.7 Å². The molecule has 0 rings (SSSR count). The molecule has 18 heavy (non-hydrogen) atoms. The quantitative estimate of drug-likeness (QED) is 0.185. The van der Waals surface area contributed by atoms with Gasteiger partial charge >= 0.3 is 0 Å². The van der Waals surface area contributed by atoms with Crippen LogP contribution in [0.3, 0.4) is 0 Å². The van der Waals surface area contributed by atoms with Crippen molar-refractivity contribution in [3.05, 3.63) is 0 Å². The van der Waals surface area contributed by atoms with Crippen molar-refractivity contribution in [2.45, 2.75) is 64.7 Å². The summed E-state index contributed by atoms with van der Waals surface area (Å²) in [6, 6.07) is 0. The fourth-order valence-corrected chi connectivity index (χ4v) is 1.98. The Morgan fingerprint density at radius 2 is 1.56 bits per heavy atom. The smallest absolute Gasteiger partial charge is 0.140 e. The van der Waals surface area contributed by atoms with Crippen molar-refractivity contribution >= 4 is 5.84 Å². The van der Waals surface area contributed by atoms with Crippen molar-refractivity contribution in [3.63, 3.8) is 0 Å². The summed E-state index contributed by atoms with van der Waals surface area (Å²) >= 11 is 0. The van der Waals surface area contributed by atoms with Gasteiger partial charge in [-0.1, -0.05) is 57.0 Å². The van der Waals surface area contributed by atoms with Crippen LogP contribution in [0.5, 0.6) is 0 Å². The molecule has 108 valence electrons. The predicted octanol–water partition coefficient (Wildman–Crippen LogP) is 3.20. The molecule has 0 radical (unpaired) electrons. The SMILES string of the molecule is CCCCCCCCCCN(C)CCC(N)=NO. The maximum absolute atomic E-state index is 8.43. The molecule has 0 atom stereocenters. The minimum Gasteiger partial charge on any atom is -0.409 e. The van der Waals surface area contributed by atoms with Gasteiger partial charge in [0.25, 0.3) is 0 Å². The largest absolute Gasteiger partial charge is 0.409 e. The summed E-state index contributed by atoms with van der Waals surface area (Å²) in [5.41, 5.74) is 5.43. The van der Waals surface area contributed by atoms with Gasteiger partial charge in [-0.05, 0) is 20.0 Å². The summed E-state index contributed by atoms with van der Waals surface area (Å²) in [4.78, 5) is 2.25. The van der Waals surface area contributed by atoms with E-state index in [0.717, 1.165) is 13.1 Å². The normalized spacial score (nSPS) is 12.3. The predicted molar refractivity (Wildman–Crippen MR) is 78.1 cm³/mol. The van der Waals surface area contributed by atoms with Gasteiger partial charge in [0.1, 0.15) is 5.84 Å². The molecule has 0 aliphatic heterocycles. The zero-order valence-electron chi connectivity index (χ0n) is 12.2. The van der Waals surface area contributed by atoms with Gasteiger partial charge in [0.2, 0.25) is 0 Å². The molecule has 0 aliphatic carbocycles. The highest BCUT2D eigenvalue weighted by atomic mass is 16.4. The summed E-state index contributed by atoms with van der Waals surface area (Å²) < 4.78 is 0. The zero-order chi connectivity index (χ0) is 13.6. The molecule has 0 amide bonds. The lowest BCUT2D eigenvalue weighted by Gasteiger charge is -2.15. The number of rotatable bonds is 12. The molecule has 0 bridgehead atoms. The molecule has 0 unspecified atom stereocenters. The van der Waals surface area contributed by atoms with Gasteiger partial charge < -0.3 is 15.8 Å². The van der Waals surface area contributed by atoms with Gasteiger partial charge in [-0.2, -0.15) is 0 Å². The van der Waals surface area contributed by atoms with Gasteiger partial charge in [0.15, 0.2) is 0 Å². The Morgan fingerprint density at radius 3 is 2.11 bits per heavy atom. The molecular formula is C14H31N3O. The molecule has 0 aromatic rings. The van der Waals surface area contributed by atoms with E-state index in [0.29, 0.717) is 12.3 Å². The maximum atomic E-state index is 8.43. The Morgan fingerprint density at radius 1 is 1.00 bits per heavy atom. The molecule has 0 aromatic carbocycles. The number of nitrogens with zero attached hydrogens (tertiary/aromatic N) is 2. The van der Waals surface area contributed by atoms with E-state index >= 15 is 0 Å². The van der Waals surface area contributed by atoms with Crippen molar-refractivity contribution in [1.82, 2.24) is 4.90 Å². The van der Waals surface area contributed by atoms with Gasteiger partial charge in [0, 0.05) is 13.0 Å². The standard InChI is InChI=1S/C14H31N3O/c1-3-4-5-6-7-8-9-10-12-17(2)13-11-14(15)16-18/h18H,3-13H2,1-2H3,(H2,15,16). The molecule has 0 saturated carbocycles. The van der Waals surface area contributed by atoms with Crippen molar-refractivity contribution in [3.8, 4) is 0 Å². The summed E-state index contributed by atoms with van der Waals surface area (Å²) in [5, 5.41) is 11.4. The monoisotopic (exact) mass is 257 g/mol. The van der Waals surface area contributed by atoms with E-state index in [1.165, 1.54) is 51.4 Å². The molecular weight excluding hydrogens is 226 g/mol. The third-order valence-corrected chi connectivity index (χ3v) is 3.27. The van der Waals surface area contributed by atoms with Crippen molar-refractivity contribution in [1.29, 1.82) is 0 Å². The Labute approximate surface area is 112 Å². The molecule has 0 aliphatic rings. The van der Waals surface area contributed by atoms with Crippen LogP contribution in [0.15, 0.2) is 5.16 Å². The lowest BCUT2D eigenvalue weighted by Crippen LogP contribution is -2.25. The average Bonchev–Trinajstić information content (AvgIpc) is 2.39. The highest BCUT2D eigenvalue weighted by Gasteiger charge is 2.00. The van der Waals surface area contributed by atoms with Gasteiger partial charge in [-0.3, -0.25) is 0 Å². The second kappa shape index (κ2) is 12.7.